The highest BCUT2D eigenvalue weighted by molar-refractivity contribution is 6.29. The largest absolute Gasteiger partial charge is 0.321 e. The van der Waals surface area contributed by atoms with Crippen LogP contribution >= 0.6 is 11.6 Å². The Kier molecular flexibility index (Phi) is 4.91. The van der Waals surface area contributed by atoms with Gasteiger partial charge in [-0.15, -0.1) is 11.6 Å². The first-order valence-corrected chi connectivity index (χ1v) is 8.58. The maximum atomic E-state index is 12.5. The monoisotopic (exact) mass is 354 g/mol. The molecule has 3 rings (SSSR count). The molecule has 128 valence electrons. The molecule has 0 bridgehead atoms. The molecule has 0 spiro atoms. The number of alkyl halides is 1. The van der Waals surface area contributed by atoms with Gasteiger partial charge in [-0.1, -0.05) is 30.3 Å². The van der Waals surface area contributed by atoms with Crippen LogP contribution in [0.2, 0.25) is 0 Å². The Morgan fingerprint density at radius 1 is 1.12 bits per heavy atom. The second-order valence-corrected chi connectivity index (χ2v) is 6.31. The molecule has 2 aromatic carbocycles. The summed E-state index contributed by atoms with van der Waals surface area (Å²) in [7, 11) is 0. The number of para-hydroxylation sites is 1. The quantitative estimate of drug-likeness (QED) is 0.722. The fourth-order valence-corrected chi connectivity index (χ4v) is 3.01. The molecule has 0 saturated heterocycles. The molecule has 0 aliphatic rings. The van der Waals surface area contributed by atoms with Crippen molar-refractivity contribution in [2.24, 2.45) is 0 Å². The number of fused-ring (bicyclic) bond motifs is 1. The number of nitrogens with zero attached hydrogens (tertiary/aromatic N) is 1. The number of pyridine rings is 1. The minimum Gasteiger partial charge on any atom is -0.321 e. The van der Waals surface area contributed by atoms with Crippen molar-refractivity contribution in [1.29, 1.82) is 0 Å². The maximum Gasteiger partial charge on any atom is 0.253 e. The van der Waals surface area contributed by atoms with E-state index in [2.05, 4.69) is 4.98 Å². The molecule has 4 nitrogen and oxygen atoms in total. The summed E-state index contributed by atoms with van der Waals surface area (Å²) < 4.78 is 0. The molecule has 3 aromatic rings. The van der Waals surface area contributed by atoms with Crippen LogP contribution in [0.25, 0.3) is 10.9 Å². The summed E-state index contributed by atoms with van der Waals surface area (Å²) in [5, 5.41) is 0.948. The van der Waals surface area contributed by atoms with Gasteiger partial charge in [0, 0.05) is 11.3 Å². The van der Waals surface area contributed by atoms with Gasteiger partial charge in [-0.2, -0.15) is 0 Å². The fourth-order valence-electron chi connectivity index (χ4n) is 2.86. The zero-order chi connectivity index (χ0) is 18.0. The van der Waals surface area contributed by atoms with Gasteiger partial charge < -0.3 is 9.88 Å². The second kappa shape index (κ2) is 7.11. The van der Waals surface area contributed by atoms with E-state index < -0.39 is 0 Å². The molecule has 0 radical (unpaired) electrons. The van der Waals surface area contributed by atoms with Gasteiger partial charge in [-0.3, -0.25) is 9.59 Å². The fraction of sp³-hybridized carbons (Fsp3) is 0.200. The molecule has 0 fully saturated rings. The Labute approximate surface area is 151 Å². The molecule has 0 aliphatic carbocycles. The number of nitrogens with one attached hydrogen (secondary N) is 1. The lowest BCUT2D eigenvalue weighted by Crippen LogP contribution is -2.33. The average Bonchev–Trinajstić information content (AvgIpc) is 2.64. The number of hydrogen-bond acceptors (Lipinski definition) is 2. The summed E-state index contributed by atoms with van der Waals surface area (Å²) in [6, 6.07) is 15.1. The zero-order valence-corrected chi connectivity index (χ0v) is 14.9. The van der Waals surface area contributed by atoms with Crippen molar-refractivity contribution >= 4 is 34.1 Å². The van der Waals surface area contributed by atoms with Gasteiger partial charge in [0.05, 0.1) is 12.1 Å². The van der Waals surface area contributed by atoms with Crippen LogP contribution in [-0.4, -0.2) is 16.8 Å². The van der Waals surface area contributed by atoms with Crippen molar-refractivity contribution in [2.75, 3.05) is 10.8 Å². The average molecular weight is 355 g/mol. The molecule has 0 aliphatic heterocycles. The van der Waals surface area contributed by atoms with Crippen molar-refractivity contribution in [3.8, 4) is 0 Å². The van der Waals surface area contributed by atoms with Crippen LogP contribution in [0.15, 0.2) is 53.3 Å². The first-order chi connectivity index (χ1) is 12.0. The second-order valence-electron chi connectivity index (χ2n) is 6.04. The minimum atomic E-state index is -0.243. The topological polar surface area (TPSA) is 53.2 Å². The standard InChI is InChI=1S/C20H19ClN2O2/c1-13-8-9-15-10-16(20(25)22-19(15)14(13)2)12-23(18(24)11-21)17-6-4-3-5-7-17/h3-10H,11-12H2,1-2H3,(H,22,25). The molecule has 0 unspecified atom stereocenters. The number of rotatable bonds is 4. The van der Waals surface area contributed by atoms with Crippen molar-refractivity contribution in [2.45, 2.75) is 20.4 Å². The first-order valence-electron chi connectivity index (χ1n) is 8.04. The summed E-state index contributed by atoms with van der Waals surface area (Å²) in [6.07, 6.45) is 0. The van der Waals surface area contributed by atoms with Crippen LogP contribution in [0, 0.1) is 13.8 Å². The number of aromatic amines is 1. The lowest BCUT2D eigenvalue weighted by molar-refractivity contribution is -0.116. The van der Waals surface area contributed by atoms with E-state index in [1.807, 2.05) is 62.4 Å². The molecule has 1 N–H and O–H groups in total. The number of carbonyl (C=O) groups is 1. The molecule has 1 amide bonds. The summed E-state index contributed by atoms with van der Waals surface area (Å²) >= 11 is 5.76. The lowest BCUT2D eigenvalue weighted by atomic mass is 10.0. The SMILES string of the molecule is Cc1ccc2cc(CN(C(=O)CCl)c3ccccc3)c(=O)[nH]c2c1C. The predicted molar refractivity (Wildman–Crippen MR) is 102 cm³/mol. The number of carbonyl (C=O) groups excluding carboxylic acids is 1. The van der Waals surface area contributed by atoms with Crippen LogP contribution in [-0.2, 0) is 11.3 Å². The number of H-pyrrole nitrogens is 1. The van der Waals surface area contributed by atoms with Gasteiger partial charge >= 0.3 is 0 Å². The van der Waals surface area contributed by atoms with Gasteiger partial charge in [-0.05, 0) is 48.6 Å². The summed E-state index contributed by atoms with van der Waals surface area (Å²) in [5.74, 6) is -0.383. The van der Waals surface area contributed by atoms with Crippen molar-refractivity contribution in [3.05, 3.63) is 75.6 Å². The van der Waals surface area contributed by atoms with Gasteiger partial charge in [-0.25, -0.2) is 0 Å². The molecular weight excluding hydrogens is 336 g/mol. The van der Waals surface area contributed by atoms with E-state index in [-0.39, 0.29) is 23.9 Å². The van der Waals surface area contributed by atoms with Crippen LogP contribution in [0.1, 0.15) is 16.7 Å². The van der Waals surface area contributed by atoms with Crippen LogP contribution in [0.3, 0.4) is 0 Å². The van der Waals surface area contributed by atoms with Crippen molar-refractivity contribution in [1.82, 2.24) is 4.98 Å². The van der Waals surface area contributed by atoms with Gasteiger partial charge in [0.25, 0.3) is 5.56 Å². The number of amides is 1. The number of aromatic nitrogens is 1. The molecule has 25 heavy (non-hydrogen) atoms. The number of anilines is 1. The highest BCUT2D eigenvalue weighted by atomic mass is 35.5. The van der Waals surface area contributed by atoms with E-state index in [1.165, 1.54) is 4.90 Å². The van der Waals surface area contributed by atoms with Crippen LogP contribution in [0.5, 0.6) is 0 Å². The third kappa shape index (κ3) is 3.44. The maximum absolute atomic E-state index is 12.5. The summed E-state index contributed by atoms with van der Waals surface area (Å²) in [6.45, 7) is 4.17. The number of benzene rings is 2. The van der Waals surface area contributed by atoms with Gasteiger partial charge in [0.1, 0.15) is 5.88 Å². The number of aryl methyl sites for hydroxylation is 2. The highest BCUT2D eigenvalue weighted by Crippen LogP contribution is 2.21. The Morgan fingerprint density at radius 3 is 2.52 bits per heavy atom. The molecular formula is C20H19ClN2O2. The van der Waals surface area contributed by atoms with Crippen LogP contribution < -0.4 is 10.5 Å². The zero-order valence-electron chi connectivity index (χ0n) is 14.2. The third-order valence-corrected chi connectivity index (χ3v) is 4.67. The van der Waals surface area contributed by atoms with E-state index in [0.717, 1.165) is 22.0 Å². The van der Waals surface area contributed by atoms with Crippen LogP contribution in [0.4, 0.5) is 5.69 Å². The van der Waals surface area contributed by atoms with Gasteiger partial charge in [0.15, 0.2) is 0 Å². The highest BCUT2D eigenvalue weighted by Gasteiger charge is 2.17. The van der Waals surface area contributed by atoms with Gasteiger partial charge in [0.2, 0.25) is 5.91 Å². The Balaban J connectivity index is 2.06. The first kappa shape index (κ1) is 17.2. The third-order valence-electron chi connectivity index (χ3n) is 4.44. The van der Waals surface area contributed by atoms with E-state index >= 15 is 0 Å². The Bertz CT molecular complexity index is 980. The molecule has 0 saturated carbocycles. The van der Waals surface area contributed by atoms with E-state index in [4.69, 9.17) is 11.6 Å². The van der Waals surface area contributed by atoms with E-state index in [1.54, 1.807) is 0 Å². The molecule has 5 heteroatoms. The molecule has 1 heterocycles. The smallest absolute Gasteiger partial charge is 0.253 e. The predicted octanol–water partition coefficient (Wildman–Crippen LogP) is 3.92. The Morgan fingerprint density at radius 2 is 1.84 bits per heavy atom. The lowest BCUT2D eigenvalue weighted by Gasteiger charge is -2.22. The van der Waals surface area contributed by atoms with E-state index in [0.29, 0.717) is 11.3 Å². The molecule has 0 atom stereocenters. The summed E-state index contributed by atoms with van der Waals surface area (Å²) in [4.78, 5) is 29.3. The van der Waals surface area contributed by atoms with E-state index in [9.17, 15) is 9.59 Å². The normalized spacial score (nSPS) is 10.8. The Hall–Kier alpha value is -2.59. The van der Waals surface area contributed by atoms with Crippen molar-refractivity contribution in [3.63, 3.8) is 0 Å². The summed E-state index contributed by atoms with van der Waals surface area (Å²) in [5.41, 5.74) is 4.07. The number of hydrogen-bond donors (Lipinski definition) is 1. The minimum absolute atomic E-state index is 0.140. The van der Waals surface area contributed by atoms with Crippen molar-refractivity contribution < 1.29 is 4.79 Å². The number of halogens is 1. The molecule has 1 aromatic heterocycles.